The van der Waals surface area contributed by atoms with Crippen LogP contribution in [0.2, 0.25) is 0 Å². The van der Waals surface area contributed by atoms with E-state index in [1.165, 1.54) is 25.3 Å². The third-order valence-electron chi connectivity index (χ3n) is 3.37. The molecule has 0 N–H and O–H groups in total. The number of benzene rings is 2. The second-order valence-electron chi connectivity index (χ2n) is 4.76. The maximum Gasteiger partial charge on any atom is 0.573 e. The molecule has 0 aliphatic rings. The summed E-state index contributed by atoms with van der Waals surface area (Å²) in [6.07, 6.45) is -4.75. The molecule has 0 saturated carbocycles. The van der Waals surface area contributed by atoms with E-state index in [9.17, 15) is 13.2 Å². The molecule has 4 nitrogen and oxygen atoms in total. The Bertz CT molecular complexity index is 878. The third-order valence-corrected chi connectivity index (χ3v) is 3.37. The van der Waals surface area contributed by atoms with Crippen LogP contribution in [0.15, 0.2) is 36.4 Å². The first-order valence-corrected chi connectivity index (χ1v) is 6.62. The molecule has 7 heteroatoms. The molecule has 120 valence electrons. The van der Waals surface area contributed by atoms with Crippen molar-refractivity contribution in [2.24, 2.45) is 0 Å². The number of methoxy groups -OCH3 is 2. The predicted molar refractivity (Wildman–Crippen MR) is 79.0 cm³/mol. The van der Waals surface area contributed by atoms with Crippen molar-refractivity contribution in [2.75, 3.05) is 14.2 Å². The van der Waals surface area contributed by atoms with Gasteiger partial charge in [-0.2, -0.15) is 0 Å². The number of ether oxygens (including phenoxy) is 3. The van der Waals surface area contributed by atoms with Crippen molar-refractivity contribution in [3.05, 3.63) is 36.4 Å². The summed E-state index contributed by atoms with van der Waals surface area (Å²) in [7, 11) is 2.99. The summed E-state index contributed by atoms with van der Waals surface area (Å²) in [5, 5.41) is 2.20. The van der Waals surface area contributed by atoms with Crippen LogP contribution in [0.5, 0.6) is 17.4 Å². The minimum Gasteiger partial charge on any atom is -0.497 e. The molecular weight excluding hydrogens is 311 g/mol. The van der Waals surface area contributed by atoms with Gasteiger partial charge in [-0.15, -0.1) is 13.2 Å². The highest BCUT2D eigenvalue weighted by Gasteiger charge is 2.31. The smallest absolute Gasteiger partial charge is 0.497 e. The molecule has 0 atom stereocenters. The zero-order valence-corrected chi connectivity index (χ0v) is 12.3. The minimum atomic E-state index is -4.75. The van der Waals surface area contributed by atoms with Gasteiger partial charge in [0.15, 0.2) is 0 Å². The monoisotopic (exact) mass is 323 g/mol. The second-order valence-corrected chi connectivity index (χ2v) is 4.76. The Kier molecular flexibility index (Phi) is 3.63. The van der Waals surface area contributed by atoms with Gasteiger partial charge in [-0.05, 0) is 35.7 Å². The van der Waals surface area contributed by atoms with E-state index < -0.39 is 6.36 Å². The van der Waals surface area contributed by atoms with Crippen LogP contribution in [0.3, 0.4) is 0 Å². The van der Waals surface area contributed by atoms with Crippen molar-refractivity contribution < 1.29 is 27.4 Å². The molecule has 0 spiro atoms. The fraction of sp³-hybridized carbons (Fsp3) is 0.188. The van der Waals surface area contributed by atoms with Gasteiger partial charge in [0.05, 0.1) is 19.7 Å². The summed E-state index contributed by atoms with van der Waals surface area (Å²) in [6, 6.07) is 9.37. The highest BCUT2D eigenvalue weighted by molar-refractivity contribution is 6.08. The lowest BCUT2D eigenvalue weighted by Crippen LogP contribution is -2.17. The van der Waals surface area contributed by atoms with Crippen LogP contribution >= 0.6 is 0 Å². The number of fused-ring (bicyclic) bond motifs is 3. The van der Waals surface area contributed by atoms with Crippen LogP contribution in [-0.4, -0.2) is 25.6 Å². The molecule has 0 radical (unpaired) electrons. The number of hydrogen-bond donors (Lipinski definition) is 0. The van der Waals surface area contributed by atoms with E-state index in [4.69, 9.17) is 9.47 Å². The van der Waals surface area contributed by atoms with E-state index in [1.807, 2.05) is 6.07 Å². The lowest BCUT2D eigenvalue weighted by molar-refractivity contribution is -0.274. The first kappa shape index (κ1) is 15.2. The normalized spacial score (nSPS) is 11.7. The van der Waals surface area contributed by atoms with Crippen molar-refractivity contribution in [2.45, 2.75) is 6.36 Å². The summed E-state index contributed by atoms with van der Waals surface area (Å²) in [4.78, 5) is 4.26. The summed E-state index contributed by atoms with van der Waals surface area (Å²) in [6.45, 7) is 0. The zero-order chi connectivity index (χ0) is 16.6. The van der Waals surface area contributed by atoms with Gasteiger partial charge in [0.1, 0.15) is 11.5 Å². The van der Waals surface area contributed by atoms with Gasteiger partial charge in [0.2, 0.25) is 5.88 Å². The Morgan fingerprint density at radius 3 is 2.17 bits per heavy atom. The van der Waals surface area contributed by atoms with E-state index in [2.05, 4.69) is 9.72 Å². The van der Waals surface area contributed by atoms with Gasteiger partial charge in [-0.25, -0.2) is 4.98 Å². The number of halogens is 3. The van der Waals surface area contributed by atoms with Crippen LogP contribution in [-0.2, 0) is 0 Å². The molecule has 3 aromatic rings. The molecule has 0 fully saturated rings. The van der Waals surface area contributed by atoms with Gasteiger partial charge in [-0.3, -0.25) is 0 Å². The van der Waals surface area contributed by atoms with Crippen molar-refractivity contribution >= 4 is 21.7 Å². The van der Waals surface area contributed by atoms with Gasteiger partial charge in [0.25, 0.3) is 0 Å². The average Bonchev–Trinajstić information content (AvgIpc) is 2.51. The average molecular weight is 323 g/mol. The van der Waals surface area contributed by atoms with Crippen LogP contribution in [0.1, 0.15) is 0 Å². The Morgan fingerprint density at radius 1 is 0.826 bits per heavy atom. The largest absolute Gasteiger partial charge is 0.573 e. The first-order valence-electron chi connectivity index (χ1n) is 6.62. The van der Waals surface area contributed by atoms with Gasteiger partial charge < -0.3 is 14.2 Å². The molecule has 2 aromatic carbocycles. The van der Waals surface area contributed by atoms with E-state index >= 15 is 0 Å². The summed E-state index contributed by atoms with van der Waals surface area (Å²) < 4.78 is 51.4. The van der Waals surface area contributed by atoms with Crippen LogP contribution in [0.25, 0.3) is 21.7 Å². The number of aromatic nitrogens is 1. The molecular formula is C16H12F3NO3. The van der Waals surface area contributed by atoms with Gasteiger partial charge in [-0.1, -0.05) is 0 Å². The van der Waals surface area contributed by atoms with Crippen LogP contribution in [0.4, 0.5) is 13.2 Å². The third kappa shape index (κ3) is 2.94. The van der Waals surface area contributed by atoms with Crippen molar-refractivity contribution in [1.29, 1.82) is 0 Å². The Morgan fingerprint density at radius 2 is 1.52 bits per heavy atom. The topological polar surface area (TPSA) is 40.6 Å². The summed E-state index contributed by atoms with van der Waals surface area (Å²) in [5.74, 6) is 0.608. The highest BCUT2D eigenvalue weighted by Crippen LogP contribution is 2.35. The Hall–Kier alpha value is -2.70. The quantitative estimate of drug-likeness (QED) is 0.674. The first-order chi connectivity index (χ1) is 10.9. The number of hydrogen-bond acceptors (Lipinski definition) is 4. The lowest BCUT2D eigenvalue weighted by atomic mass is 10.1. The van der Waals surface area contributed by atoms with E-state index in [1.54, 1.807) is 19.2 Å². The maximum atomic E-state index is 12.3. The minimum absolute atomic E-state index is 0.301. The number of alkyl halides is 3. The molecule has 23 heavy (non-hydrogen) atoms. The van der Waals surface area contributed by atoms with Gasteiger partial charge in [0, 0.05) is 16.8 Å². The van der Waals surface area contributed by atoms with E-state index in [-0.39, 0.29) is 5.75 Å². The molecule has 3 rings (SSSR count). The SMILES string of the molecule is COc1ccc2c(c1)c(OC)nc1cc(OC(F)(F)F)ccc12. The molecule has 0 amide bonds. The standard InChI is InChI=1S/C16H12F3NO3/c1-21-9-3-5-11-12-6-4-10(23-16(17,18)19)8-14(12)20-15(22-2)13(11)7-9/h3-8H,1-2H3. The van der Waals surface area contributed by atoms with Crippen molar-refractivity contribution in [3.63, 3.8) is 0 Å². The van der Waals surface area contributed by atoms with E-state index in [0.717, 1.165) is 5.39 Å². The number of nitrogens with zero attached hydrogens (tertiary/aromatic N) is 1. The zero-order valence-electron chi connectivity index (χ0n) is 12.3. The molecule has 0 aliphatic carbocycles. The number of rotatable bonds is 3. The number of pyridine rings is 1. The van der Waals surface area contributed by atoms with Crippen molar-refractivity contribution in [1.82, 2.24) is 4.98 Å². The highest BCUT2D eigenvalue weighted by atomic mass is 19.4. The maximum absolute atomic E-state index is 12.3. The molecule has 1 aromatic heterocycles. The molecule has 0 bridgehead atoms. The molecule has 0 unspecified atom stereocenters. The van der Waals surface area contributed by atoms with Crippen LogP contribution < -0.4 is 14.2 Å². The fourth-order valence-electron chi connectivity index (χ4n) is 2.42. The Labute approximate surface area is 129 Å². The Balaban J connectivity index is 2.24. The van der Waals surface area contributed by atoms with E-state index in [0.29, 0.717) is 27.9 Å². The summed E-state index contributed by atoms with van der Waals surface area (Å²) in [5.41, 5.74) is 0.348. The molecule has 0 saturated heterocycles. The van der Waals surface area contributed by atoms with Gasteiger partial charge >= 0.3 is 6.36 Å². The van der Waals surface area contributed by atoms with Crippen LogP contribution in [0, 0.1) is 0 Å². The second kappa shape index (κ2) is 5.49. The molecule has 1 heterocycles. The lowest BCUT2D eigenvalue weighted by Gasteiger charge is -2.12. The predicted octanol–water partition coefficient (Wildman–Crippen LogP) is 4.30. The fourth-order valence-corrected chi connectivity index (χ4v) is 2.42. The van der Waals surface area contributed by atoms with Crippen molar-refractivity contribution in [3.8, 4) is 17.4 Å². The molecule has 0 aliphatic heterocycles. The summed E-state index contributed by atoms with van der Waals surface area (Å²) >= 11 is 0.